The number of rotatable bonds is 6. The monoisotopic (exact) mass is 388 g/mol. The van der Waals surface area contributed by atoms with Crippen LogP contribution in [0, 0.1) is 23.7 Å². The molecule has 6 nitrogen and oxygen atoms in total. The van der Waals surface area contributed by atoms with E-state index in [9.17, 15) is 9.59 Å². The fourth-order valence-electron chi connectivity index (χ4n) is 3.15. The molecular weight excluding hydrogens is 364 g/mol. The minimum atomic E-state index is -0.556. The Morgan fingerprint density at radius 3 is 2.79 bits per heavy atom. The Labute approximate surface area is 170 Å². The van der Waals surface area contributed by atoms with Gasteiger partial charge in [-0.15, -0.1) is 0 Å². The van der Waals surface area contributed by atoms with Gasteiger partial charge in [0.25, 0.3) is 5.91 Å². The Bertz CT molecular complexity index is 1110. The van der Waals surface area contributed by atoms with Crippen molar-refractivity contribution < 1.29 is 9.59 Å². The Morgan fingerprint density at radius 2 is 2.07 bits per heavy atom. The lowest BCUT2D eigenvalue weighted by atomic mass is 9.95. The highest BCUT2D eigenvalue weighted by Crippen LogP contribution is 2.23. The molecule has 29 heavy (non-hydrogen) atoms. The molecule has 2 aromatic heterocycles. The highest BCUT2D eigenvalue weighted by molar-refractivity contribution is 5.98. The van der Waals surface area contributed by atoms with E-state index >= 15 is 0 Å². The fourth-order valence-corrected chi connectivity index (χ4v) is 3.15. The van der Waals surface area contributed by atoms with Gasteiger partial charge in [0, 0.05) is 36.8 Å². The molecular formula is C23H24N4O2. The first-order valence-corrected chi connectivity index (χ1v) is 9.45. The number of fused-ring (bicyclic) bond motifs is 1. The van der Waals surface area contributed by atoms with Gasteiger partial charge in [0.15, 0.2) is 5.69 Å². The average molecular weight is 388 g/mol. The third-order valence-electron chi connectivity index (χ3n) is 4.96. The van der Waals surface area contributed by atoms with Gasteiger partial charge in [-0.25, -0.2) is 4.98 Å². The molecule has 0 radical (unpaired) electrons. The van der Waals surface area contributed by atoms with Crippen LogP contribution in [0.15, 0.2) is 48.7 Å². The zero-order valence-corrected chi connectivity index (χ0v) is 16.8. The number of nitrogens with two attached hydrogens (primary N) is 1. The highest BCUT2D eigenvalue weighted by atomic mass is 16.1. The van der Waals surface area contributed by atoms with Crippen molar-refractivity contribution in [2.75, 3.05) is 13.6 Å². The van der Waals surface area contributed by atoms with E-state index in [1.807, 2.05) is 53.1 Å². The minimum Gasteiger partial charge on any atom is -0.364 e. The molecule has 0 fully saturated rings. The van der Waals surface area contributed by atoms with Crippen LogP contribution in [0.2, 0.25) is 0 Å². The molecule has 0 saturated carbocycles. The van der Waals surface area contributed by atoms with Gasteiger partial charge >= 0.3 is 0 Å². The lowest BCUT2D eigenvalue weighted by Crippen LogP contribution is -2.25. The van der Waals surface area contributed by atoms with Gasteiger partial charge < -0.3 is 10.6 Å². The van der Waals surface area contributed by atoms with Crippen LogP contribution in [0.3, 0.4) is 0 Å². The van der Waals surface area contributed by atoms with Crippen molar-refractivity contribution in [2.24, 2.45) is 17.6 Å². The third kappa shape index (κ3) is 4.46. The van der Waals surface area contributed by atoms with E-state index < -0.39 is 5.91 Å². The van der Waals surface area contributed by atoms with Gasteiger partial charge in [-0.2, -0.15) is 0 Å². The summed E-state index contributed by atoms with van der Waals surface area (Å²) in [5.74, 6) is 6.97. The number of benzene rings is 1. The van der Waals surface area contributed by atoms with Gasteiger partial charge in [-0.05, 0) is 30.2 Å². The Hall–Kier alpha value is -3.59. The second-order valence-electron chi connectivity index (χ2n) is 7.27. The van der Waals surface area contributed by atoms with Crippen LogP contribution in [0.25, 0.3) is 16.9 Å². The summed E-state index contributed by atoms with van der Waals surface area (Å²) in [5.41, 5.74) is 8.13. The molecule has 0 bridgehead atoms. The number of pyridine rings is 1. The summed E-state index contributed by atoms with van der Waals surface area (Å²) in [6.07, 6.45) is 2.69. The first-order chi connectivity index (χ1) is 13.9. The van der Waals surface area contributed by atoms with E-state index in [0.717, 1.165) is 17.5 Å². The summed E-state index contributed by atoms with van der Waals surface area (Å²) in [5, 5.41) is 0. The average Bonchev–Trinajstić information content (AvgIpc) is 3.12. The van der Waals surface area contributed by atoms with Gasteiger partial charge in [0.2, 0.25) is 6.41 Å². The lowest BCUT2D eigenvalue weighted by Gasteiger charge is -2.19. The zero-order chi connectivity index (χ0) is 21.0. The molecule has 0 aliphatic rings. The first-order valence-electron chi connectivity index (χ1n) is 9.45. The topological polar surface area (TPSA) is 80.7 Å². The van der Waals surface area contributed by atoms with Crippen molar-refractivity contribution in [3.05, 3.63) is 59.9 Å². The molecule has 148 valence electrons. The standard InChI is InChI=1S/C23H24N4O2/c1-16(17(2)14-26(3)15-28)10-11-18-7-6-8-19(13-18)23-25-21(22(24)29)20-9-4-5-12-27(20)23/h4-9,12-13,15-17H,14H2,1-3H3,(H2,24,29)/t16?,17-/m1/s1. The van der Waals surface area contributed by atoms with E-state index in [1.54, 1.807) is 11.9 Å². The Balaban J connectivity index is 1.91. The maximum Gasteiger partial charge on any atom is 0.269 e. The molecule has 0 aliphatic carbocycles. The van der Waals surface area contributed by atoms with Gasteiger partial charge in [-0.3, -0.25) is 14.0 Å². The summed E-state index contributed by atoms with van der Waals surface area (Å²) in [6.45, 7) is 4.80. The molecule has 2 N–H and O–H groups in total. The molecule has 0 saturated heterocycles. The quantitative estimate of drug-likeness (QED) is 0.521. The van der Waals surface area contributed by atoms with Crippen LogP contribution in [0.5, 0.6) is 0 Å². The molecule has 2 atom stereocenters. The van der Waals surface area contributed by atoms with Gasteiger partial charge in [0.1, 0.15) is 5.82 Å². The predicted octanol–water partition coefficient (Wildman–Crippen LogP) is 2.81. The van der Waals surface area contributed by atoms with Crippen molar-refractivity contribution in [3.8, 4) is 23.2 Å². The van der Waals surface area contributed by atoms with Crippen LogP contribution < -0.4 is 5.73 Å². The van der Waals surface area contributed by atoms with Gasteiger partial charge in [0.05, 0.1) is 5.52 Å². The van der Waals surface area contributed by atoms with Crippen LogP contribution in [0.1, 0.15) is 29.9 Å². The number of hydrogen-bond acceptors (Lipinski definition) is 3. The number of aromatic nitrogens is 2. The van der Waals surface area contributed by atoms with Crippen molar-refractivity contribution >= 4 is 17.8 Å². The highest BCUT2D eigenvalue weighted by Gasteiger charge is 2.16. The summed E-state index contributed by atoms with van der Waals surface area (Å²) in [7, 11) is 1.77. The summed E-state index contributed by atoms with van der Waals surface area (Å²) >= 11 is 0. The number of primary amides is 1. The van der Waals surface area contributed by atoms with E-state index in [-0.39, 0.29) is 17.5 Å². The van der Waals surface area contributed by atoms with Crippen LogP contribution in [-0.2, 0) is 4.79 Å². The summed E-state index contributed by atoms with van der Waals surface area (Å²) in [6, 6.07) is 13.3. The summed E-state index contributed by atoms with van der Waals surface area (Å²) < 4.78 is 1.85. The molecule has 3 aromatic rings. The van der Waals surface area contributed by atoms with Gasteiger partial charge in [-0.1, -0.05) is 43.9 Å². The smallest absolute Gasteiger partial charge is 0.269 e. The van der Waals surface area contributed by atoms with Crippen molar-refractivity contribution in [1.29, 1.82) is 0 Å². The largest absolute Gasteiger partial charge is 0.364 e. The predicted molar refractivity (Wildman–Crippen MR) is 113 cm³/mol. The zero-order valence-electron chi connectivity index (χ0n) is 16.8. The molecule has 2 heterocycles. The SMILES string of the molecule is CC(C#Cc1cccc(-c2nc(C(N)=O)c3ccccn23)c1)[C@H](C)CN(C)C=O. The maximum absolute atomic E-state index is 11.8. The Kier molecular flexibility index (Phi) is 5.99. The second-order valence-corrected chi connectivity index (χ2v) is 7.27. The van der Waals surface area contributed by atoms with Crippen molar-refractivity contribution in [2.45, 2.75) is 13.8 Å². The number of nitrogens with zero attached hydrogens (tertiary/aromatic N) is 3. The van der Waals surface area contributed by atoms with Crippen LogP contribution in [-0.4, -0.2) is 40.2 Å². The fraction of sp³-hybridized carbons (Fsp3) is 0.261. The first kappa shape index (κ1) is 20.2. The second kappa shape index (κ2) is 8.61. The van der Waals surface area contributed by atoms with E-state index in [2.05, 4.69) is 30.7 Å². The molecule has 2 amide bonds. The van der Waals surface area contributed by atoms with E-state index in [1.165, 1.54) is 0 Å². The molecule has 0 aliphatic heterocycles. The Morgan fingerprint density at radius 1 is 1.28 bits per heavy atom. The molecule has 1 aromatic carbocycles. The number of carbonyl (C=O) groups is 2. The molecule has 3 rings (SSSR count). The molecule has 0 spiro atoms. The minimum absolute atomic E-state index is 0.134. The molecule has 6 heteroatoms. The maximum atomic E-state index is 11.8. The van der Waals surface area contributed by atoms with Crippen LogP contribution >= 0.6 is 0 Å². The normalized spacial score (nSPS) is 12.7. The van der Waals surface area contributed by atoms with Crippen molar-refractivity contribution in [1.82, 2.24) is 14.3 Å². The number of amides is 2. The van der Waals surface area contributed by atoms with E-state index in [0.29, 0.717) is 17.9 Å². The van der Waals surface area contributed by atoms with Crippen LogP contribution in [0.4, 0.5) is 0 Å². The molecule has 1 unspecified atom stereocenters. The van der Waals surface area contributed by atoms with Crippen molar-refractivity contribution in [3.63, 3.8) is 0 Å². The summed E-state index contributed by atoms with van der Waals surface area (Å²) in [4.78, 5) is 28.7. The third-order valence-corrected chi connectivity index (χ3v) is 4.96. The lowest BCUT2D eigenvalue weighted by molar-refractivity contribution is -0.117. The van der Waals surface area contributed by atoms with E-state index in [4.69, 9.17) is 5.73 Å². The number of carbonyl (C=O) groups excluding carboxylic acids is 2. The number of imidazole rings is 1. The number of hydrogen-bond donors (Lipinski definition) is 1.